The maximum absolute atomic E-state index is 12.2. The molecule has 0 aromatic heterocycles. The van der Waals surface area contributed by atoms with Crippen LogP contribution >= 0.6 is 0 Å². The van der Waals surface area contributed by atoms with Crippen molar-refractivity contribution in [3.8, 4) is 11.5 Å². The first kappa shape index (κ1) is 19.4. The van der Waals surface area contributed by atoms with Crippen LogP contribution in [0.2, 0.25) is 0 Å². The highest BCUT2D eigenvalue weighted by molar-refractivity contribution is 5.94. The second-order valence-corrected chi connectivity index (χ2v) is 6.97. The van der Waals surface area contributed by atoms with Gasteiger partial charge < -0.3 is 9.47 Å². The van der Waals surface area contributed by atoms with Gasteiger partial charge in [-0.25, -0.2) is 10.2 Å². The van der Waals surface area contributed by atoms with E-state index in [1.54, 1.807) is 18.2 Å². The summed E-state index contributed by atoms with van der Waals surface area (Å²) in [6, 6.07) is 22.2. The van der Waals surface area contributed by atoms with Crippen LogP contribution in [-0.4, -0.2) is 18.1 Å². The molecule has 1 aliphatic heterocycles. The van der Waals surface area contributed by atoms with Crippen LogP contribution in [0.25, 0.3) is 0 Å². The lowest BCUT2D eigenvalue weighted by Gasteiger charge is -2.09. The number of benzene rings is 3. The summed E-state index contributed by atoms with van der Waals surface area (Å²) in [4.78, 5) is 24.0. The fourth-order valence-electron chi connectivity index (χ4n) is 3.17. The van der Waals surface area contributed by atoms with Gasteiger partial charge in [-0.1, -0.05) is 48.0 Å². The summed E-state index contributed by atoms with van der Waals surface area (Å²) in [5.74, 6) is 0.670. The molecule has 1 aliphatic rings. The van der Waals surface area contributed by atoms with E-state index in [1.807, 2.05) is 61.5 Å². The van der Waals surface area contributed by atoms with Gasteiger partial charge in [-0.15, -0.1) is 0 Å². The highest BCUT2D eigenvalue weighted by atomic mass is 16.5. The van der Waals surface area contributed by atoms with Gasteiger partial charge in [0.25, 0.3) is 0 Å². The van der Waals surface area contributed by atoms with Crippen LogP contribution in [0.15, 0.2) is 77.9 Å². The largest absolute Gasteiger partial charge is 0.457 e. The molecule has 3 aromatic rings. The standard InChI is InChI=1S/C24H20N2O4/c1-16-9-11-18(12-10-16)29-19-6-4-5-17(13-19)15-25-26-23(27)14-22-20-7-2-3-8-21(20)24(28)30-22/h2-13,15,22H,14H2,1H3,(H,26,27)/b25-15+. The van der Waals surface area contributed by atoms with Crippen molar-refractivity contribution in [1.82, 2.24) is 5.43 Å². The van der Waals surface area contributed by atoms with Gasteiger partial charge in [0.1, 0.15) is 17.6 Å². The SMILES string of the molecule is Cc1ccc(Oc2cccc(/C=N/NC(=O)CC3OC(=O)c4ccccc43)c2)cc1. The Morgan fingerprint density at radius 2 is 1.87 bits per heavy atom. The van der Waals surface area contributed by atoms with Crippen molar-refractivity contribution in [3.05, 3.63) is 95.1 Å². The highest BCUT2D eigenvalue weighted by Crippen LogP contribution is 2.32. The normalized spacial score (nSPS) is 15.0. The van der Waals surface area contributed by atoms with Crippen LogP contribution in [-0.2, 0) is 9.53 Å². The van der Waals surface area contributed by atoms with Crippen LogP contribution in [0.4, 0.5) is 0 Å². The van der Waals surface area contributed by atoms with Crippen LogP contribution < -0.4 is 10.2 Å². The van der Waals surface area contributed by atoms with E-state index < -0.39 is 12.1 Å². The van der Waals surface area contributed by atoms with Gasteiger partial charge >= 0.3 is 5.97 Å². The fourth-order valence-corrected chi connectivity index (χ4v) is 3.17. The zero-order valence-corrected chi connectivity index (χ0v) is 16.4. The van der Waals surface area contributed by atoms with Crippen molar-refractivity contribution >= 4 is 18.1 Å². The van der Waals surface area contributed by atoms with E-state index >= 15 is 0 Å². The Balaban J connectivity index is 1.34. The van der Waals surface area contributed by atoms with Gasteiger partial charge in [0.15, 0.2) is 0 Å². The molecule has 30 heavy (non-hydrogen) atoms. The number of hydrazone groups is 1. The van der Waals surface area contributed by atoms with Gasteiger partial charge in [0.05, 0.1) is 18.2 Å². The molecule has 1 atom stereocenters. The van der Waals surface area contributed by atoms with E-state index in [0.717, 1.165) is 22.4 Å². The molecule has 0 aliphatic carbocycles. The number of amides is 1. The third-order valence-electron chi connectivity index (χ3n) is 4.67. The molecule has 0 radical (unpaired) electrons. The number of cyclic esters (lactones) is 1. The Hall–Kier alpha value is -3.93. The number of fused-ring (bicyclic) bond motifs is 1. The number of hydrogen-bond acceptors (Lipinski definition) is 5. The predicted octanol–water partition coefficient (Wildman–Crippen LogP) is 4.54. The monoisotopic (exact) mass is 400 g/mol. The van der Waals surface area contributed by atoms with E-state index in [1.165, 1.54) is 6.21 Å². The zero-order chi connectivity index (χ0) is 20.9. The lowest BCUT2D eigenvalue weighted by Crippen LogP contribution is -2.20. The highest BCUT2D eigenvalue weighted by Gasteiger charge is 2.31. The van der Waals surface area contributed by atoms with Crippen molar-refractivity contribution in [2.75, 3.05) is 0 Å². The molecule has 1 heterocycles. The topological polar surface area (TPSA) is 77.0 Å². The molecule has 6 nitrogen and oxygen atoms in total. The van der Waals surface area contributed by atoms with E-state index in [4.69, 9.17) is 9.47 Å². The van der Waals surface area contributed by atoms with Crippen molar-refractivity contribution in [1.29, 1.82) is 0 Å². The molecule has 3 aromatic carbocycles. The second-order valence-electron chi connectivity index (χ2n) is 6.97. The zero-order valence-electron chi connectivity index (χ0n) is 16.4. The Kier molecular flexibility index (Phi) is 5.57. The van der Waals surface area contributed by atoms with Gasteiger partial charge in [0, 0.05) is 5.56 Å². The molecule has 1 unspecified atom stereocenters. The molecule has 0 saturated carbocycles. The number of ether oxygens (including phenoxy) is 2. The first-order valence-electron chi connectivity index (χ1n) is 9.55. The predicted molar refractivity (Wildman–Crippen MR) is 113 cm³/mol. The van der Waals surface area contributed by atoms with Crippen molar-refractivity contribution < 1.29 is 19.1 Å². The lowest BCUT2D eigenvalue weighted by atomic mass is 10.0. The van der Waals surface area contributed by atoms with Crippen LogP contribution in [0.3, 0.4) is 0 Å². The quantitative estimate of drug-likeness (QED) is 0.374. The van der Waals surface area contributed by atoms with E-state index in [9.17, 15) is 9.59 Å². The van der Waals surface area contributed by atoms with Crippen LogP contribution in [0.5, 0.6) is 11.5 Å². The summed E-state index contributed by atoms with van der Waals surface area (Å²) in [6.45, 7) is 2.02. The Labute approximate surface area is 174 Å². The number of rotatable bonds is 6. The number of nitrogens with zero attached hydrogens (tertiary/aromatic N) is 1. The van der Waals surface area contributed by atoms with Gasteiger partial charge in [-0.05, 0) is 42.8 Å². The van der Waals surface area contributed by atoms with Crippen molar-refractivity contribution in [2.24, 2.45) is 5.10 Å². The van der Waals surface area contributed by atoms with E-state index in [0.29, 0.717) is 11.3 Å². The molecule has 0 saturated heterocycles. The molecule has 0 bridgehead atoms. The third kappa shape index (κ3) is 4.55. The molecule has 1 amide bonds. The Morgan fingerprint density at radius 3 is 2.70 bits per heavy atom. The van der Waals surface area contributed by atoms with E-state index in [-0.39, 0.29) is 12.3 Å². The van der Waals surface area contributed by atoms with E-state index in [2.05, 4.69) is 10.5 Å². The maximum atomic E-state index is 12.2. The molecule has 0 spiro atoms. The Morgan fingerprint density at radius 1 is 1.07 bits per heavy atom. The number of aryl methyl sites for hydroxylation is 1. The third-order valence-corrected chi connectivity index (χ3v) is 4.67. The Bertz CT molecular complexity index is 1110. The van der Waals surface area contributed by atoms with Gasteiger partial charge in [0.2, 0.25) is 5.91 Å². The molecular formula is C24H20N2O4. The average molecular weight is 400 g/mol. The summed E-state index contributed by atoms with van der Waals surface area (Å²) in [7, 11) is 0. The molecule has 150 valence electrons. The van der Waals surface area contributed by atoms with Crippen LogP contribution in [0, 0.1) is 6.92 Å². The average Bonchev–Trinajstić information content (AvgIpc) is 3.06. The van der Waals surface area contributed by atoms with Gasteiger partial charge in [-0.2, -0.15) is 5.10 Å². The van der Waals surface area contributed by atoms with Crippen molar-refractivity contribution in [2.45, 2.75) is 19.4 Å². The van der Waals surface area contributed by atoms with Gasteiger partial charge in [-0.3, -0.25) is 4.79 Å². The van der Waals surface area contributed by atoms with Crippen molar-refractivity contribution in [3.63, 3.8) is 0 Å². The molecule has 6 heteroatoms. The summed E-state index contributed by atoms with van der Waals surface area (Å²) < 4.78 is 11.1. The molecule has 1 N–H and O–H groups in total. The van der Waals surface area contributed by atoms with Crippen LogP contribution in [0.1, 0.15) is 39.6 Å². The number of nitrogens with one attached hydrogen (secondary N) is 1. The maximum Gasteiger partial charge on any atom is 0.339 e. The summed E-state index contributed by atoms with van der Waals surface area (Å²) >= 11 is 0. The second kappa shape index (κ2) is 8.61. The molecular weight excluding hydrogens is 380 g/mol. The first-order chi connectivity index (χ1) is 14.6. The number of hydrogen-bond donors (Lipinski definition) is 1. The first-order valence-corrected chi connectivity index (χ1v) is 9.55. The lowest BCUT2D eigenvalue weighted by molar-refractivity contribution is -0.122. The minimum absolute atomic E-state index is 0.0106. The number of carbonyl (C=O) groups is 2. The smallest absolute Gasteiger partial charge is 0.339 e. The molecule has 0 fully saturated rings. The minimum Gasteiger partial charge on any atom is -0.457 e. The molecule has 4 rings (SSSR count). The number of esters is 1. The summed E-state index contributed by atoms with van der Waals surface area (Å²) in [5, 5.41) is 4.00. The number of carbonyl (C=O) groups excluding carboxylic acids is 2. The summed E-state index contributed by atoms with van der Waals surface area (Å²) in [5.41, 5.74) is 5.64. The minimum atomic E-state index is -0.588. The summed E-state index contributed by atoms with van der Waals surface area (Å²) in [6.07, 6.45) is 0.959. The fraction of sp³-hybridized carbons (Fsp3) is 0.125.